The molecule has 14 heavy (non-hydrogen) atoms. The number of carbonyl (C=O) groups is 1. The minimum absolute atomic E-state index is 0.487. The zero-order valence-corrected chi connectivity index (χ0v) is 8.03. The molecule has 0 fully saturated rings. The van der Waals surface area contributed by atoms with E-state index in [1.807, 2.05) is 7.05 Å². The van der Waals surface area contributed by atoms with Crippen LogP contribution in [0.1, 0.15) is 24.1 Å². The molecule has 1 aromatic heterocycles. The zero-order valence-electron chi connectivity index (χ0n) is 8.03. The first-order chi connectivity index (χ1) is 6.55. The van der Waals surface area contributed by atoms with Gasteiger partial charge in [-0.1, -0.05) is 0 Å². The summed E-state index contributed by atoms with van der Waals surface area (Å²) < 4.78 is 1.71. The highest BCUT2D eigenvalue weighted by atomic mass is 16.4. The van der Waals surface area contributed by atoms with Gasteiger partial charge in [0.25, 0.3) is 0 Å². The van der Waals surface area contributed by atoms with Gasteiger partial charge in [0.1, 0.15) is 5.54 Å². The summed E-state index contributed by atoms with van der Waals surface area (Å²) in [4.78, 5) is 11.1. The molecule has 0 aliphatic heterocycles. The molecule has 76 valence electrons. The van der Waals surface area contributed by atoms with E-state index < -0.39 is 11.5 Å². The van der Waals surface area contributed by atoms with Crippen molar-refractivity contribution in [2.24, 2.45) is 12.8 Å². The lowest BCUT2D eigenvalue weighted by Gasteiger charge is -2.29. The second-order valence-electron chi connectivity index (χ2n) is 3.76. The molecule has 3 N–H and O–H groups in total. The Morgan fingerprint density at radius 1 is 1.79 bits per heavy atom. The number of carboxylic acid groups (broad SMARTS) is 1. The molecule has 1 aliphatic carbocycles. The lowest BCUT2D eigenvalue weighted by molar-refractivity contribution is -0.144. The number of aromatic nitrogens is 2. The van der Waals surface area contributed by atoms with E-state index in [-0.39, 0.29) is 0 Å². The van der Waals surface area contributed by atoms with Crippen molar-refractivity contribution in [2.45, 2.75) is 24.8 Å². The number of aryl methyl sites for hydroxylation is 1. The Morgan fingerprint density at radius 2 is 2.50 bits per heavy atom. The van der Waals surface area contributed by atoms with Crippen molar-refractivity contribution < 1.29 is 9.90 Å². The second kappa shape index (κ2) is 2.81. The SMILES string of the molecule is Cn1ncc2c1CCCC2(N)C(=O)O. The molecule has 5 nitrogen and oxygen atoms in total. The van der Waals surface area contributed by atoms with Gasteiger partial charge in [0, 0.05) is 18.3 Å². The van der Waals surface area contributed by atoms with Crippen LogP contribution in [0.15, 0.2) is 6.20 Å². The summed E-state index contributed by atoms with van der Waals surface area (Å²) >= 11 is 0. The van der Waals surface area contributed by atoms with Crippen molar-refractivity contribution in [3.05, 3.63) is 17.5 Å². The third kappa shape index (κ3) is 1.05. The molecule has 0 radical (unpaired) electrons. The number of aliphatic carboxylic acids is 1. The predicted molar refractivity (Wildman–Crippen MR) is 49.6 cm³/mol. The first-order valence-corrected chi connectivity index (χ1v) is 4.59. The van der Waals surface area contributed by atoms with Gasteiger partial charge in [-0.3, -0.25) is 4.68 Å². The summed E-state index contributed by atoms with van der Waals surface area (Å²) in [7, 11) is 1.81. The zero-order chi connectivity index (χ0) is 10.3. The normalized spacial score (nSPS) is 25.9. The Hall–Kier alpha value is -1.36. The van der Waals surface area contributed by atoms with Crippen LogP contribution >= 0.6 is 0 Å². The molecule has 0 saturated carbocycles. The minimum atomic E-state index is -1.23. The number of nitrogens with two attached hydrogens (primary N) is 1. The van der Waals surface area contributed by atoms with Gasteiger partial charge in [-0.25, -0.2) is 4.79 Å². The van der Waals surface area contributed by atoms with Crippen molar-refractivity contribution in [1.29, 1.82) is 0 Å². The molecule has 0 amide bonds. The summed E-state index contributed by atoms with van der Waals surface area (Å²) in [5, 5.41) is 13.1. The second-order valence-corrected chi connectivity index (χ2v) is 3.76. The average Bonchev–Trinajstić information content (AvgIpc) is 2.50. The summed E-state index contributed by atoms with van der Waals surface area (Å²) in [6.45, 7) is 0. The highest BCUT2D eigenvalue weighted by molar-refractivity contribution is 5.81. The average molecular weight is 195 g/mol. The molecule has 0 aromatic carbocycles. The number of hydrogen-bond acceptors (Lipinski definition) is 3. The third-order valence-electron chi connectivity index (χ3n) is 2.91. The fourth-order valence-corrected chi connectivity index (χ4v) is 2.02. The fourth-order valence-electron chi connectivity index (χ4n) is 2.02. The van der Waals surface area contributed by atoms with Gasteiger partial charge in [0.15, 0.2) is 0 Å². The van der Waals surface area contributed by atoms with Gasteiger partial charge in [-0.2, -0.15) is 5.10 Å². The van der Waals surface area contributed by atoms with Gasteiger partial charge in [0.2, 0.25) is 0 Å². The lowest BCUT2D eigenvalue weighted by Crippen LogP contribution is -2.47. The van der Waals surface area contributed by atoms with Gasteiger partial charge < -0.3 is 10.8 Å². The van der Waals surface area contributed by atoms with Crippen LogP contribution in [-0.2, 0) is 23.8 Å². The van der Waals surface area contributed by atoms with E-state index >= 15 is 0 Å². The minimum Gasteiger partial charge on any atom is -0.480 e. The van der Waals surface area contributed by atoms with Crippen molar-refractivity contribution in [3.63, 3.8) is 0 Å². The largest absolute Gasteiger partial charge is 0.480 e. The van der Waals surface area contributed by atoms with E-state index in [1.165, 1.54) is 0 Å². The number of nitrogens with zero attached hydrogens (tertiary/aromatic N) is 2. The van der Waals surface area contributed by atoms with Crippen molar-refractivity contribution in [1.82, 2.24) is 9.78 Å². The number of rotatable bonds is 1. The van der Waals surface area contributed by atoms with E-state index in [2.05, 4.69) is 5.10 Å². The third-order valence-corrected chi connectivity index (χ3v) is 2.91. The molecule has 5 heteroatoms. The summed E-state index contributed by atoms with van der Waals surface area (Å²) in [5.41, 5.74) is 6.25. The van der Waals surface area contributed by atoms with Crippen molar-refractivity contribution in [2.75, 3.05) is 0 Å². The maximum Gasteiger partial charge on any atom is 0.328 e. The number of carboxylic acids is 1. The van der Waals surface area contributed by atoms with Gasteiger partial charge in [-0.05, 0) is 19.3 Å². The monoisotopic (exact) mass is 195 g/mol. The van der Waals surface area contributed by atoms with Crippen LogP contribution in [0.4, 0.5) is 0 Å². The topological polar surface area (TPSA) is 81.1 Å². The molecule has 0 saturated heterocycles. The van der Waals surface area contributed by atoms with Crippen LogP contribution in [0.3, 0.4) is 0 Å². The molecule has 1 aliphatic rings. The Kier molecular flexibility index (Phi) is 1.85. The molecule has 1 aromatic rings. The highest BCUT2D eigenvalue weighted by Gasteiger charge is 2.41. The molecular formula is C9H13N3O2. The first-order valence-electron chi connectivity index (χ1n) is 4.59. The van der Waals surface area contributed by atoms with E-state index in [0.29, 0.717) is 12.0 Å². The highest BCUT2D eigenvalue weighted by Crippen LogP contribution is 2.32. The standard InChI is InChI=1S/C9H13N3O2/c1-12-7-3-2-4-9(10,8(13)14)6(7)5-11-12/h5H,2-4,10H2,1H3,(H,13,14). The molecule has 1 atom stereocenters. The molecule has 1 unspecified atom stereocenters. The maximum absolute atomic E-state index is 11.1. The van der Waals surface area contributed by atoms with Crippen LogP contribution in [0, 0.1) is 0 Å². The van der Waals surface area contributed by atoms with Gasteiger partial charge in [-0.15, -0.1) is 0 Å². The Balaban J connectivity index is 2.56. The first kappa shape index (κ1) is 9.21. The summed E-state index contributed by atoms with van der Waals surface area (Å²) in [5.74, 6) is -0.966. The summed E-state index contributed by atoms with van der Waals surface area (Å²) in [6, 6.07) is 0. The van der Waals surface area contributed by atoms with E-state index in [4.69, 9.17) is 10.8 Å². The quantitative estimate of drug-likeness (QED) is 0.660. The summed E-state index contributed by atoms with van der Waals surface area (Å²) in [6.07, 6.45) is 3.72. The maximum atomic E-state index is 11.1. The Labute approximate surface area is 81.5 Å². The molecule has 0 spiro atoms. The predicted octanol–water partition coefficient (Wildman–Crippen LogP) is -0.00500. The van der Waals surface area contributed by atoms with Crippen LogP contribution in [0.2, 0.25) is 0 Å². The number of hydrogen-bond donors (Lipinski definition) is 2. The van der Waals surface area contributed by atoms with Crippen molar-refractivity contribution in [3.8, 4) is 0 Å². The van der Waals surface area contributed by atoms with E-state index in [1.54, 1.807) is 10.9 Å². The lowest BCUT2D eigenvalue weighted by atomic mass is 9.80. The fraction of sp³-hybridized carbons (Fsp3) is 0.556. The van der Waals surface area contributed by atoms with Crippen LogP contribution in [0.5, 0.6) is 0 Å². The Morgan fingerprint density at radius 3 is 3.14 bits per heavy atom. The molecular weight excluding hydrogens is 182 g/mol. The van der Waals surface area contributed by atoms with E-state index in [0.717, 1.165) is 18.5 Å². The smallest absolute Gasteiger partial charge is 0.328 e. The van der Waals surface area contributed by atoms with Crippen LogP contribution < -0.4 is 5.73 Å². The van der Waals surface area contributed by atoms with Crippen molar-refractivity contribution >= 4 is 5.97 Å². The van der Waals surface area contributed by atoms with E-state index in [9.17, 15) is 4.79 Å². The van der Waals surface area contributed by atoms with Gasteiger partial charge >= 0.3 is 5.97 Å². The molecule has 0 bridgehead atoms. The number of fused-ring (bicyclic) bond motifs is 1. The molecule has 1 heterocycles. The van der Waals surface area contributed by atoms with Gasteiger partial charge in [0.05, 0.1) is 6.20 Å². The van der Waals surface area contributed by atoms with Crippen LogP contribution in [-0.4, -0.2) is 20.9 Å². The Bertz CT molecular complexity index is 385. The molecule has 2 rings (SSSR count). The van der Waals surface area contributed by atoms with Crippen LogP contribution in [0.25, 0.3) is 0 Å².